The van der Waals surface area contributed by atoms with E-state index in [-0.39, 0.29) is 0 Å². The normalized spacial score (nSPS) is 10.6. The summed E-state index contributed by atoms with van der Waals surface area (Å²) in [6.45, 7) is 3.05. The van der Waals surface area contributed by atoms with Gasteiger partial charge in [-0.3, -0.25) is 0 Å². The van der Waals surface area contributed by atoms with Gasteiger partial charge in [0.1, 0.15) is 0 Å². The third kappa shape index (κ3) is 1.56. The third-order valence-corrected chi connectivity index (χ3v) is 3.42. The van der Waals surface area contributed by atoms with Crippen molar-refractivity contribution in [1.29, 1.82) is 0 Å². The number of aromatic nitrogens is 2. The summed E-state index contributed by atoms with van der Waals surface area (Å²) in [5.41, 5.74) is 1.18. The maximum atomic E-state index is 4.23. The van der Waals surface area contributed by atoms with Gasteiger partial charge >= 0.3 is 0 Å². The van der Waals surface area contributed by atoms with Crippen LogP contribution in [0.15, 0.2) is 28.4 Å². The predicted octanol–water partition coefficient (Wildman–Crippen LogP) is 3.39. The smallest absolute Gasteiger partial charge is 0.177 e. The van der Waals surface area contributed by atoms with Crippen LogP contribution in [0.2, 0.25) is 0 Å². The molecule has 0 saturated heterocycles. The van der Waals surface area contributed by atoms with Gasteiger partial charge in [-0.2, -0.15) is 0 Å². The van der Waals surface area contributed by atoms with Crippen molar-refractivity contribution in [3.63, 3.8) is 0 Å². The lowest BCUT2D eigenvalue weighted by molar-refractivity contribution is 0.749. The minimum absolute atomic E-state index is 0.901. The van der Waals surface area contributed by atoms with Crippen LogP contribution in [-0.4, -0.2) is 9.55 Å². The van der Waals surface area contributed by atoms with E-state index in [4.69, 9.17) is 0 Å². The second kappa shape index (κ2) is 3.64. The summed E-state index contributed by atoms with van der Waals surface area (Å²) in [6, 6.07) is 4.17. The Morgan fingerprint density at radius 2 is 2.46 bits per heavy atom. The van der Waals surface area contributed by atoms with Crippen molar-refractivity contribution in [1.82, 2.24) is 9.55 Å². The zero-order chi connectivity index (χ0) is 9.26. The molecule has 0 spiro atoms. The molecule has 68 valence electrons. The lowest BCUT2D eigenvalue weighted by Gasteiger charge is -2.03. The lowest BCUT2D eigenvalue weighted by Crippen LogP contribution is -1.95. The number of halogens is 1. The van der Waals surface area contributed by atoms with Crippen molar-refractivity contribution >= 4 is 27.3 Å². The maximum absolute atomic E-state index is 4.23. The van der Waals surface area contributed by atoms with Crippen LogP contribution in [0.25, 0.3) is 10.6 Å². The topological polar surface area (TPSA) is 17.8 Å². The molecule has 0 bridgehead atoms. The molecule has 4 heteroatoms. The van der Waals surface area contributed by atoms with Crippen LogP contribution in [-0.2, 0) is 6.54 Å². The highest BCUT2D eigenvalue weighted by molar-refractivity contribution is 9.10. The zero-order valence-corrected chi connectivity index (χ0v) is 9.60. The second-order valence-electron chi connectivity index (χ2n) is 2.63. The minimum atomic E-state index is 0.901. The summed E-state index contributed by atoms with van der Waals surface area (Å²) in [7, 11) is 0. The zero-order valence-electron chi connectivity index (χ0n) is 7.20. The van der Waals surface area contributed by atoms with Crippen molar-refractivity contribution in [2.45, 2.75) is 13.5 Å². The van der Waals surface area contributed by atoms with Crippen molar-refractivity contribution < 1.29 is 0 Å². The van der Waals surface area contributed by atoms with Gasteiger partial charge in [-0.1, -0.05) is 6.07 Å². The quantitative estimate of drug-likeness (QED) is 0.806. The molecule has 0 unspecified atom stereocenters. The van der Waals surface area contributed by atoms with Gasteiger partial charge in [-0.05, 0) is 34.3 Å². The summed E-state index contributed by atoms with van der Waals surface area (Å²) in [6.07, 6.45) is 1.90. The first kappa shape index (κ1) is 8.97. The summed E-state index contributed by atoms with van der Waals surface area (Å²) in [5.74, 6) is 0. The first-order chi connectivity index (χ1) is 6.33. The van der Waals surface area contributed by atoms with Crippen LogP contribution in [0.4, 0.5) is 0 Å². The van der Waals surface area contributed by atoms with Crippen molar-refractivity contribution in [2.24, 2.45) is 0 Å². The van der Waals surface area contributed by atoms with Gasteiger partial charge in [0.25, 0.3) is 0 Å². The lowest BCUT2D eigenvalue weighted by atomic mass is 10.4. The van der Waals surface area contributed by atoms with Gasteiger partial charge in [0.15, 0.2) is 4.73 Å². The number of thiophene rings is 1. The Morgan fingerprint density at radius 1 is 1.62 bits per heavy atom. The van der Waals surface area contributed by atoms with E-state index in [2.05, 4.69) is 49.9 Å². The van der Waals surface area contributed by atoms with E-state index >= 15 is 0 Å². The molecule has 2 heterocycles. The standard InChI is InChI=1S/C9H9BrN2S/c1-2-12-7(6-11-9(12)10)8-4-3-5-13-8/h3-6H,2H2,1H3. The molecular weight excluding hydrogens is 248 g/mol. The molecule has 0 saturated carbocycles. The van der Waals surface area contributed by atoms with E-state index in [1.807, 2.05) is 6.20 Å². The molecule has 0 fully saturated rings. The fourth-order valence-corrected chi connectivity index (χ4v) is 2.56. The molecule has 0 N–H and O–H groups in total. The van der Waals surface area contributed by atoms with Crippen LogP contribution >= 0.6 is 27.3 Å². The van der Waals surface area contributed by atoms with E-state index in [1.54, 1.807) is 11.3 Å². The molecule has 0 aliphatic rings. The van der Waals surface area contributed by atoms with E-state index in [0.717, 1.165) is 11.3 Å². The van der Waals surface area contributed by atoms with Crippen LogP contribution in [0, 0.1) is 0 Å². The Bertz CT molecular complexity index is 392. The number of imidazole rings is 1. The predicted molar refractivity (Wildman–Crippen MR) is 58.9 cm³/mol. The number of hydrogen-bond acceptors (Lipinski definition) is 2. The third-order valence-electron chi connectivity index (χ3n) is 1.90. The highest BCUT2D eigenvalue weighted by atomic mass is 79.9. The van der Waals surface area contributed by atoms with Gasteiger partial charge in [0.2, 0.25) is 0 Å². The van der Waals surface area contributed by atoms with Crippen LogP contribution in [0.1, 0.15) is 6.92 Å². The Kier molecular flexibility index (Phi) is 2.51. The van der Waals surface area contributed by atoms with E-state index in [0.29, 0.717) is 0 Å². The monoisotopic (exact) mass is 256 g/mol. The molecule has 0 radical (unpaired) electrons. The molecular formula is C9H9BrN2S. The first-order valence-corrected chi connectivity index (χ1v) is 5.75. The molecule has 2 rings (SSSR count). The summed E-state index contributed by atoms with van der Waals surface area (Å²) in [5, 5.41) is 2.08. The van der Waals surface area contributed by atoms with E-state index in [1.165, 1.54) is 10.6 Å². The van der Waals surface area contributed by atoms with Crippen molar-refractivity contribution in [3.05, 3.63) is 28.4 Å². The number of hydrogen-bond donors (Lipinski definition) is 0. The number of rotatable bonds is 2. The average molecular weight is 257 g/mol. The first-order valence-electron chi connectivity index (χ1n) is 4.08. The largest absolute Gasteiger partial charge is 0.318 e. The van der Waals surface area contributed by atoms with E-state index < -0.39 is 0 Å². The Labute approximate surface area is 89.4 Å². The van der Waals surface area contributed by atoms with Gasteiger partial charge in [0, 0.05) is 6.54 Å². The average Bonchev–Trinajstić information content (AvgIpc) is 2.71. The summed E-state index contributed by atoms with van der Waals surface area (Å²) in [4.78, 5) is 5.49. The van der Waals surface area contributed by atoms with E-state index in [9.17, 15) is 0 Å². The SMILES string of the molecule is CCn1c(-c2cccs2)cnc1Br. The highest BCUT2D eigenvalue weighted by Crippen LogP contribution is 2.27. The maximum Gasteiger partial charge on any atom is 0.177 e. The minimum Gasteiger partial charge on any atom is -0.318 e. The summed E-state index contributed by atoms with van der Waals surface area (Å²) >= 11 is 5.16. The molecule has 2 aromatic rings. The van der Waals surface area contributed by atoms with Gasteiger partial charge < -0.3 is 4.57 Å². The van der Waals surface area contributed by atoms with Gasteiger partial charge in [-0.25, -0.2) is 4.98 Å². The van der Waals surface area contributed by atoms with Crippen molar-refractivity contribution in [3.8, 4) is 10.6 Å². The van der Waals surface area contributed by atoms with Gasteiger partial charge in [0.05, 0.1) is 16.8 Å². The van der Waals surface area contributed by atoms with Crippen LogP contribution in [0.3, 0.4) is 0 Å². The molecule has 0 aliphatic heterocycles. The Balaban J connectivity index is 2.52. The molecule has 0 aromatic carbocycles. The van der Waals surface area contributed by atoms with Gasteiger partial charge in [-0.15, -0.1) is 11.3 Å². The summed E-state index contributed by atoms with van der Waals surface area (Å²) < 4.78 is 3.05. The van der Waals surface area contributed by atoms with Crippen molar-refractivity contribution in [2.75, 3.05) is 0 Å². The second-order valence-corrected chi connectivity index (χ2v) is 4.29. The number of nitrogens with zero attached hydrogens (tertiary/aromatic N) is 2. The Morgan fingerprint density at radius 3 is 3.08 bits per heavy atom. The molecule has 0 aliphatic carbocycles. The molecule has 13 heavy (non-hydrogen) atoms. The highest BCUT2D eigenvalue weighted by Gasteiger charge is 2.08. The molecule has 0 amide bonds. The Hall–Kier alpha value is -0.610. The molecule has 2 nitrogen and oxygen atoms in total. The van der Waals surface area contributed by atoms with Crippen LogP contribution in [0.5, 0.6) is 0 Å². The fourth-order valence-electron chi connectivity index (χ4n) is 1.27. The van der Waals surface area contributed by atoms with Crippen LogP contribution < -0.4 is 0 Å². The fraction of sp³-hybridized carbons (Fsp3) is 0.222. The molecule has 2 aromatic heterocycles. The molecule has 0 atom stereocenters.